The van der Waals surface area contributed by atoms with Crippen LogP contribution in [0.2, 0.25) is 0 Å². The minimum Gasteiger partial charge on any atom is -0.291 e. The second-order valence-corrected chi connectivity index (χ2v) is 9.90. The van der Waals surface area contributed by atoms with E-state index < -0.39 is 0 Å². The van der Waals surface area contributed by atoms with Crippen LogP contribution in [-0.2, 0) is 16.0 Å². The zero-order chi connectivity index (χ0) is 17.6. The van der Waals surface area contributed by atoms with Crippen LogP contribution in [0.5, 0.6) is 0 Å². The second kappa shape index (κ2) is 6.90. The van der Waals surface area contributed by atoms with Crippen molar-refractivity contribution >= 4 is 23.3 Å². The number of rotatable bonds is 4. The molecule has 3 saturated carbocycles. The van der Waals surface area contributed by atoms with Gasteiger partial charge in [-0.15, -0.1) is 11.8 Å². The minimum absolute atomic E-state index is 0.0385. The van der Waals surface area contributed by atoms with E-state index in [1.54, 1.807) is 0 Å². The topological polar surface area (TPSA) is 34.1 Å². The lowest BCUT2D eigenvalue weighted by atomic mass is 9.64. The van der Waals surface area contributed by atoms with E-state index in [0.717, 1.165) is 32.1 Å². The first-order chi connectivity index (χ1) is 12.0. The summed E-state index contributed by atoms with van der Waals surface area (Å²) < 4.78 is 0. The van der Waals surface area contributed by atoms with Crippen molar-refractivity contribution in [3.05, 3.63) is 29.8 Å². The van der Waals surface area contributed by atoms with Crippen molar-refractivity contribution in [3.8, 4) is 0 Å². The van der Waals surface area contributed by atoms with Crippen LogP contribution < -0.4 is 0 Å². The highest BCUT2D eigenvalue weighted by atomic mass is 32.2. The van der Waals surface area contributed by atoms with Crippen LogP contribution in [0.25, 0.3) is 0 Å². The first-order valence-corrected chi connectivity index (χ1v) is 10.8. The van der Waals surface area contributed by atoms with Gasteiger partial charge in [0.1, 0.15) is 0 Å². The quantitative estimate of drug-likeness (QED) is 0.717. The fraction of sp³-hybridized carbons (Fsp3) is 0.636. The van der Waals surface area contributed by atoms with Gasteiger partial charge in [-0.2, -0.15) is 0 Å². The van der Waals surface area contributed by atoms with E-state index in [0.29, 0.717) is 23.0 Å². The lowest BCUT2D eigenvalue weighted by molar-refractivity contribution is -0.137. The van der Waals surface area contributed by atoms with Crippen LogP contribution in [0.15, 0.2) is 29.2 Å². The molecule has 3 aliphatic carbocycles. The van der Waals surface area contributed by atoms with Crippen molar-refractivity contribution in [2.24, 2.45) is 29.6 Å². The van der Waals surface area contributed by atoms with E-state index in [2.05, 4.69) is 38.1 Å². The smallest absolute Gasteiger partial charge is 0.202 e. The van der Waals surface area contributed by atoms with E-state index >= 15 is 0 Å². The highest BCUT2D eigenvalue weighted by molar-refractivity contribution is 8.00. The highest BCUT2D eigenvalue weighted by Gasteiger charge is 2.56. The van der Waals surface area contributed by atoms with E-state index in [1.165, 1.54) is 16.9 Å². The zero-order valence-electron chi connectivity index (χ0n) is 15.2. The highest BCUT2D eigenvalue weighted by Crippen LogP contribution is 2.55. The zero-order valence-corrected chi connectivity index (χ0v) is 16.1. The predicted octanol–water partition coefficient (Wildman–Crippen LogP) is 4.94. The summed E-state index contributed by atoms with van der Waals surface area (Å²) in [6, 6.07) is 9.06. The van der Waals surface area contributed by atoms with Crippen LogP contribution in [0.1, 0.15) is 51.5 Å². The Labute approximate surface area is 155 Å². The van der Waals surface area contributed by atoms with Crippen molar-refractivity contribution in [3.63, 3.8) is 0 Å². The van der Waals surface area contributed by atoms with Gasteiger partial charge in [0.05, 0.1) is 0 Å². The van der Waals surface area contributed by atoms with Crippen LogP contribution in [-0.4, -0.2) is 16.8 Å². The molecule has 3 fully saturated rings. The van der Waals surface area contributed by atoms with Gasteiger partial charge >= 0.3 is 0 Å². The molecular weight excluding hydrogens is 328 g/mol. The van der Waals surface area contributed by atoms with Crippen molar-refractivity contribution in [1.29, 1.82) is 0 Å². The molecule has 0 radical (unpaired) electrons. The summed E-state index contributed by atoms with van der Waals surface area (Å²) in [5.74, 6) is 1.60. The number of Topliss-reactive ketones (excluding diaryl/α,β-unsaturated/α-hetero) is 2. The van der Waals surface area contributed by atoms with Crippen molar-refractivity contribution in [2.45, 2.75) is 62.5 Å². The minimum atomic E-state index is -0.0385. The molecule has 5 unspecified atom stereocenters. The molecule has 4 rings (SSSR count). The van der Waals surface area contributed by atoms with Crippen LogP contribution in [0.4, 0.5) is 0 Å². The third-order valence-corrected chi connectivity index (χ3v) is 7.92. The molecule has 0 bridgehead atoms. The van der Waals surface area contributed by atoms with E-state index in [9.17, 15) is 9.59 Å². The molecule has 0 heterocycles. The number of carbonyl (C=O) groups is 2. The fourth-order valence-electron chi connectivity index (χ4n) is 5.49. The van der Waals surface area contributed by atoms with Crippen LogP contribution in [0, 0.1) is 29.6 Å². The average molecular weight is 357 g/mol. The van der Waals surface area contributed by atoms with Crippen LogP contribution in [0.3, 0.4) is 0 Å². The van der Waals surface area contributed by atoms with Crippen molar-refractivity contribution < 1.29 is 9.59 Å². The summed E-state index contributed by atoms with van der Waals surface area (Å²) in [7, 11) is 0. The standard InChI is InChI=1S/C22H28O2S/c1-13(2)12-14-6-8-15(9-7-14)25-19-11-10-18-20-16(19)4-3-5-17(20)21(23)22(18)24/h6-9,13,16-20H,3-5,10-12H2,1-2H3. The maximum atomic E-state index is 12.3. The summed E-state index contributed by atoms with van der Waals surface area (Å²) in [5.41, 5.74) is 1.41. The van der Waals surface area contributed by atoms with Crippen LogP contribution >= 0.6 is 11.8 Å². The Morgan fingerprint density at radius 1 is 0.960 bits per heavy atom. The number of ketones is 2. The molecule has 0 amide bonds. The third-order valence-electron chi connectivity index (χ3n) is 6.49. The van der Waals surface area contributed by atoms with E-state index in [-0.39, 0.29) is 23.4 Å². The second-order valence-electron chi connectivity index (χ2n) is 8.59. The van der Waals surface area contributed by atoms with Crippen molar-refractivity contribution in [1.82, 2.24) is 0 Å². The average Bonchev–Trinajstić information content (AvgIpc) is 2.85. The molecule has 5 atom stereocenters. The maximum absolute atomic E-state index is 12.3. The number of carbonyl (C=O) groups excluding carboxylic acids is 2. The molecule has 3 heteroatoms. The first-order valence-electron chi connectivity index (χ1n) is 9.88. The lowest BCUT2D eigenvalue weighted by Crippen LogP contribution is -2.40. The lowest BCUT2D eigenvalue weighted by Gasteiger charge is -2.44. The van der Waals surface area contributed by atoms with Gasteiger partial charge in [-0.3, -0.25) is 9.59 Å². The van der Waals surface area contributed by atoms with E-state index in [4.69, 9.17) is 0 Å². The van der Waals surface area contributed by atoms with Gasteiger partial charge < -0.3 is 0 Å². The van der Waals surface area contributed by atoms with Gasteiger partial charge in [0.15, 0.2) is 0 Å². The first kappa shape index (κ1) is 17.3. The molecule has 0 N–H and O–H groups in total. The molecule has 3 aliphatic rings. The molecule has 0 saturated heterocycles. The Morgan fingerprint density at radius 2 is 1.64 bits per heavy atom. The van der Waals surface area contributed by atoms with Crippen molar-refractivity contribution in [2.75, 3.05) is 0 Å². The Bertz CT molecular complexity index is 647. The van der Waals surface area contributed by atoms with Gasteiger partial charge in [0.2, 0.25) is 11.6 Å². The molecule has 1 aromatic rings. The molecule has 1 aromatic carbocycles. The molecule has 0 aliphatic heterocycles. The Kier molecular flexibility index (Phi) is 4.79. The fourth-order valence-corrected chi connectivity index (χ4v) is 6.88. The maximum Gasteiger partial charge on any atom is 0.202 e. The molecule has 0 aromatic heterocycles. The number of hydrogen-bond donors (Lipinski definition) is 0. The predicted molar refractivity (Wildman–Crippen MR) is 102 cm³/mol. The van der Waals surface area contributed by atoms with Gasteiger partial charge in [0, 0.05) is 22.0 Å². The molecule has 0 spiro atoms. The summed E-state index contributed by atoms with van der Waals surface area (Å²) in [5, 5.41) is 0.568. The Morgan fingerprint density at radius 3 is 2.32 bits per heavy atom. The van der Waals surface area contributed by atoms with Gasteiger partial charge in [-0.1, -0.05) is 32.4 Å². The number of thioether (sulfide) groups is 1. The SMILES string of the molecule is CC(C)Cc1ccc(SC2CCC3C(=O)C(=O)C4CCCC2C43)cc1. The van der Waals surface area contributed by atoms with Gasteiger partial charge in [0.25, 0.3) is 0 Å². The number of benzene rings is 1. The largest absolute Gasteiger partial charge is 0.291 e. The van der Waals surface area contributed by atoms with E-state index in [1.807, 2.05) is 11.8 Å². The van der Waals surface area contributed by atoms with Gasteiger partial charge in [-0.25, -0.2) is 0 Å². The summed E-state index contributed by atoms with van der Waals surface area (Å²) >= 11 is 1.99. The molecular formula is C22H28O2S. The third kappa shape index (κ3) is 3.20. The summed E-state index contributed by atoms with van der Waals surface area (Å²) in [4.78, 5) is 26.0. The Balaban J connectivity index is 1.48. The van der Waals surface area contributed by atoms with Gasteiger partial charge in [-0.05, 0) is 67.6 Å². The molecule has 2 nitrogen and oxygen atoms in total. The summed E-state index contributed by atoms with van der Waals surface area (Å²) in [6.07, 6.45) is 6.39. The Hall–Kier alpha value is -1.09. The summed E-state index contributed by atoms with van der Waals surface area (Å²) in [6.45, 7) is 4.51. The normalized spacial score (nSPS) is 34.4. The molecule has 134 valence electrons. The molecule has 25 heavy (non-hydrogen) atoms. The number of hydrogen-bond acceptors (Lipinski definition) is 3. The monoisotopic (exact) mass is 356 g/mol.